The molecule has 3 aromatic rings. The summed E-state index contributed by atoms with van der Waals surface area (Å²) in [4.78, 5) is 29.0. The van der Waals surface area contributed by atoms with Gasteiger partial charge in [-0.3, -0.25) is 9.59 Å². The SMILES string of the molecule is O=C(NC1CCCC1)C(Cc1ccccc1)N(Cc1ccc(Br)cc1)C(=O)COc1ccc(Cl)cc1Cl. The summed E-state index contributed by atoms with van der Waals surface area (Å²) in [5.74, 6) is -0.0970. The molecule has 1 saturated carbocycles. The van der Waals surface area contributed by atoms with Crippen LogP contribution in [-0.2, 0) is 22.6 Å². The van der Waals surface area contributed by atoms with E-state index in [1.165, 1.54) is 0 Å². The maximum atomic E-state index is 13.7. The first-order valence-electron chi connectivity index (χ1n) is 12.3. The minimum atomic E-state index is -0.705. The van der Waals surface area contributed by atoms with Gasteiger partial charge in [-0.05, 0) is 54.3 Å². The minimum absolute atomic E-state index is 0.138. The van der Waals surface area contributed by atoms with Gasteiger partial charge in [-0.2, -0.15) is 0 Å². The largest absolute Gasteiger partial charge is 0.482 e. The predicted octanol–water partition coefficient (Wildman–Crippen LogP) is 6.83. The van der Waals surface area contributed by atoms with E-state index in [4.69, 9.17) is 27.9 Å². The van der Waals surface area contributed by atoms with Crippen LogP contribution in [0.4, 0.5) is 0 Å². The van der Waals surface area contributed by atoms with Gasteiger partial charge in [-0.1, -0.05) is 94.4 Å². The van der Waals surface area contributed by atoms with E-state index < -0.39 is 6.04 Å². The molecular formula is C29H29BrCl2N2O3. The van der Waals surface area contributed by atoms with Gasteiger partial charge in [0.1, 0.15) is 11.8 Å². The van der Waals surface area contributed by atoms with E-state index in [0.29, 0.717) is 22.2 Å². The zero-order chi connectivity index (χ0) is 26.2. The van der Waals surface area contributed by atoms with Crippen molar-refractivity contribution < 1.29 is 14.3 Å². The average Bonchev–Trinajstić information content (AvgIpc) is 3.40. The maximum absolute atomic E-state index is 13.7. The van der Waals surface area contributed by atoms with Crippen molar-refractivity contribution in [1.82, 2.24) is 10.2 Å². The van der Waals surface area contributed by atoms with Crippen molar-refractivity contribution >= 4 is 50.9 Å². The van der Waals surface area contributed by atoms with E-state index in [1.54, 1.807) is 23.1 Å². The number of ether oxygens (including phenoxy) is 1. The number of halogens is 3. The average molecular weight is 604 g/mol. The smallest absolute Gasteiger partial charge is 0.261 e. The van der Waals surface area contributed by atoms with Gasteiger partial charge >= 0.3 is 0 Å². The Hall–Kier alpha value is -2.54. The van der Waals surface area contributed by atoms with E-state index in [1.807, 2.05) is 54.6 Å². The number of amides is 2. The molecule has 2 amide bonds. The van der Waals surface area contributed by atoms with Gasteiger partial charge in [0.15, 0.2) is 6.61 Å². The molecule has 0 bridgehead atoms. The molecule has 0 saturated heterocycles. The van der Waals surface area contributed by atoms with E-state index >= 15 is 0 Å². The standard InChI is InChI=1S/C29H29BrCl2N2O3/c30-22-12-10-21(11-13-22)18-34(28(35)19-37-27-15-14-23(31)17-25(27)32)26(16-20-6-2-1-3-7-20)29(36)33-24-8-4-5-9-24/h1-3,6-7,10-15,17,24,26H,4-5,8-9,16,18-19H2,(H,33,36). The lowest BCUT2D eigenvalue weighted by molar-refractivity contribution is -0.143. The van der Waals surface area contributed by atoms with Gasteiger partial charge in [0.25, 0.3) is 5.91 Å². The summed E-state index contributed by atoms with van der Waals surface area (Å²) in [6.45, 7) is -0.000705. The monoisotopic (exact) mass is 602 g/mol. The molecule has 1 unspecified atom stereocenters. The number of nitrogens with one attached hydrogen (secondary N) is 1. The van der Waals surface area contributed by atoms with Crippen LogP contribution < -0.4 is 10.1 Å². The van der Waals surface area contributed by atoms with Crippen molar-refractivity contribution in [1.29, 1.82) is 0 Å². The fourth-order valence-electron chi connectivity index (χ4n) is 4.52. The van der Waals surface area contributed by atoms with E-state index in [-0.39, 0.29) is 31.0 Å². The van der Waals surface area contributed by atoms with Crippen molar-refractivity contribution in [3.63, 3.8) is 0 Å². The van der Waals surface area contributed by atoms with Crippen molar-refractivity contribution in [3.05, 3.63) is 98.4 Å². The second-order valence-corrected chi connectivity index (χ2v) is 11.0. The molecule has 1 aliphatic carbocycles. The van der Waals surface area contributed by atoms with Crippen LogP contribution in [0.25, 0.3) is 0 Å². The topological polar surface area (TPSA) is 58.6 Å². The van der Waals surface area contributed by atoms with Gasteiger partial charge in [-0.25, -0.2) is 0 Å². The minimum Gasteiger partial charge on any atom is -0.482 e. The van der Waals surface area contributed by atoms with Crippen LogP contribution >= 0.6 is 39.1 Å². The molecule has 0 aliphatic heterocycles. The number of hydrogen-bond donors (Lipinski definition) is 1. The Kier molecular flexibility index (Phi) is 9.89. The first kappa shape index (κ1) is 27.5. The third-order valence-corrected chi connectivity index (χ3v) is 7.54. The molecule has 0 aromatic heterocycles. The van der Waals surface area contributed by atoms with Gasteiger partial charge in [-0.15, -0.1) is 0 Å². The van der Waals surface area contributed by atoms with Gasteiger partial charge < -0.3 is 15.0 Å². The molecule has 4 rings (SSSR count). The third kappa shape index (κ3) is 7.97. The van der Waals surface area contributed by atoms with Crippen molar-refractivity contribution in [2.24, 2.45) is 0 Å². The summed E-state index contributed by atoms with van der Waals surface area (Å²) >= 11 is 15.7. The Bertz CT molecular complexity index is 1200. The number of carbonyl (C=O) groups excluding carboxylic acids is 2. The summed E-state index contributed by atoms with van der Waals surface area (Å²) in [5.41, 5.74) is 1.89. The van der Waals surface area contributed by atoms with Crippen LogP contribution in [0.5, 0.6) is 5.75 Å². The van der Waals surface area contributed by atoms with Crippen molar-refractivity contribution in [2.45, 2.75) is 50.7 Å². The van der Waals surface area contributed by atoms with E-state index in [2.05, 4.69) is 21.2 Å². The molecule has 8 heteroatoms. The van der Waals surface area contributed by atoms with Crippen LogP contribution in [0.2, 0.25) is 10.0 Å². The highest BCUT2D eigenvalue weighted by Crippen LogP contribution is 2.28. The fraction of sp³-hybridized carbons (Fsp3) is 0.310. The van der Waals surface area contributed by atoms with Crippen LogP contribution in [0.15, 0.2) is 77.3 Å². The molecule has 194 valence electrons. The van der Waals surface area contributed by atoms with Crippen LogP contribution in [0, 0.1) is 0 Å². The molecule has 3 aromatic carbocycles. The highest BCUT2D eigenvalue weighted by Gasteiger charge is 2.32. The summed E-state index contributed by atoms with van der Waals surface area (Å²) < 4.78 is 6.72. The molecule has 0 radical (unpaired) electrons. The Morgan fingerprint density at radius 1 is 0.973 bits per heavy atom. The number of carbonyl (C=O) groups is 2. The normalized spacial score (nSPS) is 14.2. The van der Waals surface area contributed by atoms with Crippen LogP contribution in [0.1, 0.15) is 36.8 Å². The van der Waals surface area contributed by atoms with Crippen molar-refractivity contribution in [3.8, 4) is 5.75 Å². The lowest BCUT2D eigenvalue weighted by Crippen LogP contribution is -2.53. The zero-order valence-electron chi connectivity index (χ0n) is 20.3. The number of hydrogen-bond acceptors (Lipinski definition) is 3. The quantitative estimate of drug-likeness (QED) is 0.276. The predicted molar refractivity (Wildman–Crippen MR) is 151 cm³/mol. The highest BCUT2D eigenvalue weighted by atomic mass is 79.9. The Morgan fingerprint density at radius 3 is 2.35 bits per heavy atom. The second kappa shape index (κ2) is 13.3. The van der Waals surface area contributed by atoms with Crippen LogP contribution in [0.3, 0.4) is 0 Å². The molecular weight excluding hydrogens is 575 g/mol. The maximum Gasteiger partial charge on any atom is 0.261 e. The van der Waals surface area contributed by atoms with Gasteiger partial charge in [0.05, 0.1) is 5.02 Å². The summed E-state index contributed by atoms with van der Waals surface area (Å²) in [6.07, 6.45) is 4.52. The number of benzene rings is 3. The van der Waals surface area contributed by atoms with Crippen molar-refractivity contribution in [2.75, 3.05) is 6.61 Å². The molecule has 1 aliphatic rings. The first-order chi connectivity index (χ1) is 17.9. The Balaban J connectivity index is 1.61. The summed E-state index contributed by atoms with van der Waals surface area (Å²) in [5, 5.41) is 4.00. The second-order valence-electron chi connectivity index (χ2n) is 9.21. The summed E-state index contributed by atoms with van der Waals surface area (Å²) in [6, 6.07) is 21.8. The summed E-state index contributed by atoms with van der Waals surface area (Å²) in [7, 11) is 0. The molecule has 1 fully saturated rings. The van der Waals surface area contributed by atoms with Crippen LogP contribution in [-0.4, -0.2) is 35.4 Å². The molecule has 5 nitrogen and oxygen atoms in total. The van der Waals surface area contributed by atoms with E-state index in [9.17, 15) is 9.59 Å². The number of nitrogens with zero attached hydrogens (tertiary/aromatic N) is 1. The Labute approximate surface area is 236 Å². The van der Waals surface area contributed by atoms with E-state index in [0.717, 1.165) is 41.3 Å². The van der Waals surface area contributed by atoms with Gasteiger partial charge in [0.2, 0.25) is 5.91 Å². The highest BCUT2D eigenvalue weighted by molar-refractivity contribution is 9.10. The lowest BCUT2D eigenvalue weighted by Gasteiger charge is -2.32. The molecule has 1 atom stereocenters. The fourth-order valence-corrected chi connectivity index (χ4v) is 5.25. The third-order valence-electron chi connectivity index (χ3n) is 6.48. The molecule has 0 spiro atoms. The van der Waals surface area contributed by atoms with Gasteiger partial charge in [0, 0.05) is 28.5 Å². The molecule has 1 N–H and O–H groups in total. The lowest BCUT2D eigenvalue weighted by atomic mass is 10.0. The molecule has 0 heterocycles. The molecule has 37 heavy (non-hydrogen) atoms. The first-order valence-corrected chi connectivity index (χ1v) is 13.9. The zero-order valence-corrected chi connectivity index (χ0v) is 23.4. The Morgan fingerprint density at radius 2 is 1.68 bits per heavy atom. The number of rotatable bonds is 10.